The van der Waals surface area contributed by atoms with Gasteiger partial charge in [-0.2, -0.15) is 0 Å². The van der Waals surface area contributed by atoms with Crippen LogP contribution in [0.5, 0.6) is 0 Å². The number of aryl methyl sites for hydroxylation is 2. The van der Waals surface area contributed by atoms with E-state index < -0.39 is 0 Å². The maximum Gasteiger partial charge on any atom is 0.146 e. The second-order valence-electron chi connectivity index (χ2n) is 3.49. The minimum atomic E-state index is 0.380. The first-order valence-corrected chi connectivity index (χ1v) is 4.87. The maximum absolute atomic E-state index is 5.26. The van der Waals surface area contributed by atoms with E-state index >= 15 is 0 Å². The summed E-state index contributed by atoms with van der Waals surface area (Å²) in [6, 6.07) is 6.50. The summed E-state index contributed by atoms with van der Waals surface area (Å²) in [6.45, 7) is 5.34. The van der Waals surface area contributed by atoms with Gasteiger partial charge in [-0.1, -0.05) is 23.8 Å². The molecule has 0 spiro atoms. The van der Waals surface area contributed by atoms with Gasteiger partial charge in [0, 0.05) is 7.11 Å². The predicted octanol–water partition coefficient (Wildman–Crippen LogP) is 2.47. The largest absolute Gasteiger partial charge is 0.359 e. The summed E-state index contributed by atoms with van der Waals surface area (Å²) in [5.41, 5.74) is 4.00. The minimum Gasteiger partial charge on any atom is -0.359 e. The van der Waals surface area contributed by atoms with E-state index in [0.29, 0.717) is 6.79 Å². The number of hydrogen-bond acceptors (Lipinski definition) is 2. The highest BCUT2D eigenvalue weighted by molar-refractivity contribution is 5.30. The number of methoxy groups -OCH3 is 1. The molecule has 0 aromatic heterocycles. The molecule has 0 amide bonds. The zero-order valence-electron chi connectivity index (χ0n) is 9.17. The molecule has 1 aromatic rings. The molecule has 2 nitrogen and oxygen atoms in total. The van der Waals surface area contributed by atoms with Crippen LogP contribution < -0.4 is 0 Å². The summed E-state index contributed by atoms with van der Waals surface area (Å²) in [4.78, 5) is 0. The first kappa shape index (κ1) is 11.2. The maximum atomic E-state index is 5.26. The Morgan fingerprint density at radius 3 is 2.71 bits per heavy atom. The van der Waals surface area contributed by atoms with Crippen molar-refractivity contribution >= 4 is 0 Å². The molecule has 0 N–H and O–H groups in total. The third-order valence-corrected chi connectivity index (χ3v) is 2.22. The van der Waals surface area contributed by atoms with Crippen LogP contribution in [-0.4, -0.2) is 20.5 Å². The third-order valence-electron chi connectivity index (χ3n) is 2.22. The summed E-state index contributed by atoms with van der Waals surface area (Å²) in [6.07, 6.45) is 0.955. The van der Waals surface area contributed by atoms with E-state index in [1.54, 1.807) is 7.11 Å². The quantitative estimate of drug-likeness (QED) is 0.529. The lowest BCUT2D eigenvalue weighted by molar-refractivity contribution is -0.0291. The van der Waals surface area contributed by atoms with Gasteiger partial charge in [-0.05, 0) is 31.4 Å². The normalized spacial score (nSPS) is 10.5. The van der Waals surface area contributed by atoms with E-state index in [2.05, 4.69) is 32.0 Å². The number of ether oxygens (including phenoxy) is 2. The molecule has 0 unspecified atom stereocenters. The molecule has 0 radical (unpaired) electrons. The Balaban J connectivity index is 2.45. The third kappa shape index (κ3) is 3.48. The molecule has 0 aliphatic rings. The van der Waals surface area contributed by atoms with Crippen LogP contribution in [0.2, 0.25) is 0 Å². The molecule has 0 bridgehead atoms. The highest BCUT2D eigenvalue weighted by atomic mass is 16.7. The van der Waals surface area contributed by atoms with Crippen LogP contribution in [0.4, 0.5) is 0 Å². The van der Waals surface area contributed by atoms with Crippen molar-refractivity contribution in [3.8, 4) is 0 Å². The SMILES string of the molecule is COCOCCc1cc(C)ccc1C. The van der Waals surface area contributed by atoms with Crippen LogP contribution in [0.1, 0.15) is 16.7 Å². The fourth-order valence-corrected chi connectivity index (χ4v) is 1.39. The van der Waals surface area contributed by atoms with Crippen molar-refractivity contribution in [2.45, 2.75) is 20.3 Å². The number of hydrogen-bond donors (Lipinski definition) is 0. The smallest absolute Gasteiger partial charge is 0.146 e. The Bertz CT molecular complexity index is 282. The second kappa shape index (κ2) is 5.78. The molecule has 0 aliphatic carbocycles. The molecule has 0 heterocycles. The Labute approximate surface area is 85.8 Å². The van der Waals surface area contributed by atoms with E-state index in [4.69, 9.17) is 9.47 Å². The molecule has 0 fully saturated rings. The van der Waals surface area contributed by atoms with E-state index in [9.17, 15) is 0 Å². The van der Waals surface area contributed by atoms with Gasteiger partial charge in [-0.3, -0.25) is 0 Å². The van der Waals surface area contributed by atoms with Gasteiger partial charge in [0.05, 0.1) is 6.61 Å². The highest BCUT2D eigenvalue weighted by Crippen LogP contribution is 2.11. The van der Waals surface area contributed by atoms with Gasteiger partial charge in [-0.25, -0.2) is 0 Å². The summed E-state index contributed by atoms with van der Waals surface area (Å²) in [5.74, 6) is 0. The van der Waals surface area contributed by atoms with Crippen molar-refractivity contribution in [3.63, 3.8) is 0 Å². The van der Waals surface area contributed by atoms with Crippen molar-refractivity contribution in [3.05, 3.63) is 34.9 Å². The van der Waals surface area contributed by atoms with Crippen LogP contribution in [0.3, 0.4) is 0 Å². The summed E-state index contributed by atoms with van der Waals surface area (Å²) >= 11 is 0. The first-order chi connectivity index (χ1) is 6.74. The zero-order chi connectivity index (χ0) is 10.4. The van der Waals surface area contributed by atoms with Crippen LogP contribution in [0.25, 0.3) is 0 Å². The van der Waals surface area contributed by atoms with Gasteiger partial charge in [0.2, 0.25) is 0 Å². The topological polar surface area (TPSA) is 18.5 Å². The van der Waals surface area contributed by atoms with Crippen LogP contribution in [0.15, 0.2) is 18.2 Å². The summed E-state index contributed by atoms with van der Waals surface area (Å²) in [5, 5.41) is 0. The van der Waals surface area contributed by atoms with E-state index in [-0.39, 0.29) is 0 Å². The molecule has 1 rings (SSSR count). The Hall–Kier alpha value is -0.860. The van der Waals surface area contributed by atoms with Gasteiger partial charge in [0.25, 0.3) is 0 Å². The Morgan fingerprint density at radius 1 is 1.21 bits per heavy atom. The van der Waals surface area contributed by atoms with Gasteiger partial charge in [0.15, 0.2) is 0 Å². The Morgan fingerprint density at radius 2 is 2.00 bits per heavy atom. The number of rotatable bonds is 5. The van der Waals surface area contributed by atoms with Crippen molar-refractivity contribution < 1.29 is 9.47 Å². The van der Waals surface area contributed by atoms with Crippen LogP contribution in [-0.2, 0) is 15.9 Å². The summed E-state index contributed by atoms with van der Waals surface area (Å²) in [7, 11) is 1.64. The molecular weight excluding hydrogens is 176 g/mol. The molecule has 14 heavy (non-hydrogen) atoms. The van der Waals surface area contributed by atoms with Gasteiger partial charge in [0.1, 0.15) is 6.79 Å². The van der Waals surface area contributed by atoms with Gasteiger partial charge in [-0.15, -0.1) is 0 Å². The lowest BCUT2D eigenvalue weighted by atomic mass is 10.0. The van der Waals surface area contributed by atoms with E-state index in [0.717, 1.165) is 13.0 Å². The summed E-state index contributed by atoms with van der Waals surface area (Å²) < 4.78 is 10.1. The molecule has 0 atom stereocenters. The average Bonchev–Trinajstić information content (AvgIpc) is 2.18. The van der Waals surface area contributed by atoms with Gasteiger partial charge < -0.3 is 9.47 Å². The van der Waals surface area contributed by atoms with E-state index in [1.807, 2.05) is 0 Å². The van der Waals surface area contributed by atoms with Crippen LogP contribution in [0, 0.1) is 13.8 Å². The lowest BCUT2D eigenvalue weighted by Crippen LogP contribution is -2.02. The van der Waals surface area contributed by atoms with Crippen molar-refractivity contribution in [2.75, 3.05) is 20.5 Å². The fraction of sp³-hybridized carbons (Fsp3) is 0.500. The first-order valence-electron chi connectivity index (χ1n) is 4.87. The monoisotopic (exact) mass is 194 g/mol. The van der Waals surface area contributed by atoms with Crippen molar-refractivity contribution in [1.29, 1.82) is 0 Å². The highest BCUT2D eigenvalue weighted by Gasteiger charge is 1.98. The predicted molar refractivity (Wildman–Crippen MR) is 57.4 cm³/mol. The molecule has 2 heteroatoms. The standard InChI is InChI=1S/C12H18O2/c1-10-4-5-11(2)12(8-10)6-7-14-9-13-3/h4-5,8H,6-7,9H2,1-3H3. The second-order valence-corrected chi connectivity index (χ2v) is 3.49. The molecule has 0 aliphatic heterocycles. The average molecular weight is 194 g/mol. The van der Waals surface area contributed by atoms with Crippen molar-refractivity contribution in [1.82, 2.24) is 0 Å². The molecule has 0 saturated heterocycles. The minimum absolute atomic E-state index is 0.380. The van der Waals surface area contributed by atoms with Crippen LogP contribution >= 0.6 is 0 Å². The van der Waals surface area contributed by atoms with Crippen molar-refractivity contribution in [2.24, 2.45) is 0 Å². The lowest BCUT2D eigenvalue weighted by Gasteiger charge is -2.07. The molecule has 78 valence electrons. The number of benzene rings is 1. The van der Waals surface area contributed by atoms with Gasteiger partial charge >= 0.3 is 0 Å². The fourth-order valence-electron chi connectivity index (χ4n) is 1.39. The Kier molecular flexibility index (Phi) is 4.63. The van der Waals surface area contributed by atoms with E-state index in [1.165, 1.54) is 16.7 Å². The molecule has 1 aromatic carbocycles. The molecular formula is C12H18O2. The molecule has 0 saturated carbocycles. The zero-order valence-corrected chi connectivity index (χ0v) is 9.17.